The average Bonchev–Trinajstić information content (AvgIpc) is 3.53. The van der Waals surface area contributed by atoms with Crippen LogP contribution in [0.1, 0.15) is 48.9 Å². The van der Waals surface area contributed by atoms with Crippen LogP contribution in [0.15, 0.2) is 86.0 Å². The molecule has 0 spiro atoms. The van der Waals surface area contributed by atoms with E-state index in [9.17, 15) is 19.2 Å². The molecule has 9 heteroatoms. The summed E-state index contributed by atoms with van der Waals surface area (Å²) in [4.78, 5) is 45.2. The quantitative estimate of drug-likeness (QED) is 0.471. The predicted octanol–water partition coefficient (Wildman–Crippen LogP) is 5.18. The molecule has 0 aromatic heterocycles. The number of rotatable bonds is 8. The number of carboxylic acid groups (broad SMARTS) is 1. The maximum Gasteiger partial charge on any atom is 0.417 e. The summed E-state index contributed by atoms with van der Waals surface area (Å²) in [7, 11) is 0. The number of ether oxygens (including phenoxy) is 2. The molecule has 2 saturated heterocycles. The molecular formula is C28H32N2O7. The third kappa shape index (κ3) is 9.64. The molecule has 0 saturated carbocycles. The Morgan fingerprint density at radius 2 is 1.46 bits per heavy atom. The number of carbonyl (C=O) groups is 4. The van der Waals surface area contributed by atoms with Crippen molar-refractivity contribution < 1.29 is 33.8 Å². The summed E-state index contributed by atoms with van der Waals surface area (Å²) >= 11 is 0. The van der Waals surface area contributed by atoms with Crippen molar-refractivity contribution in [2.24, 2.45) is 0 Å². The van der Waals surface area contributed by atoms with Gasteiger partial charge in [-0.15, -0.1) is 13.2 Å². The minimum atomic E-state index is -0.764. The Kier molecular flexibility index (Phi) is 12.1. The van der Waals surface area contributed by atoms with Crippen LogP contribution in [0, 0.1) is 0 Å². The van der Waals surface area contributed by atoms with Crippen LogP contribution in [-0.2, 0) is 19.1 Å². The maximum atomic E-state index is 12.0. The Morgan fingerprint density at radius 1 is 0.892 bits per heavy atom. The predicted molar refractivity (Wildman–Crippen MR) is 138 cm³/mol. The van der Waals surface area contributed by atoms with Gasteiger partial charge in [0.1, 0.15) is 19.3 Å². The maximum absolute atomic E-state index is 12.0. The molecule has 2 aliphatic rings. The first-order chi connectivity index (χ1) is 17.9. The fourth-order valence-corrected chi connectivity index (χ4v) is 3.44. The Hall–Kier alpha value is -4.40. The summed E-state index contributed by atoms with van der Waals surface area (Å²) in [6, 6.07) is 18.9. The van der Waals surface area contributed by atoms with Crippen molar-refractivity contribution in [3.8, 4) is 0 Å². The number of benzene rings is 2. The summed E-state index contributed by atoms with van der Waals surface area (Å²) in [6.45, 7) is 7.60. The number of hydrogen-bond acceptors (Lipinski definition) is 6. The molecule has 37 heavy (non-hydrogen) atoms. The number of nitrogens with one attached hydrogen (secondary N) is 1. The molecule has 9 nitrogen and oxygen atoms in total. The van der Waals surface area contributed by atoms with Crippen molar-refractivity contribution in [3.63, 3.8) is 0 Å². The van der Waals surface area contributed by atoms with Crippen LogP contribution < -0.4 is 5.32 Å². The summed E-state index contributed by atoms with van der Waals surface area (Å²) in [5.41, 5.74) is 2.00. The van der Waals surface area contributed by atoms with E-state index in [1.165, 1.54) is 4.90 Å². The molecule has 2 fully saturated rings. The number of amides is 3. The molecule has 0 radical (unpaired) electrons. The van der Waals surface area contributed by atoms with Crippen molar-refractivity contribution >= 4 is 24.1 Å². The standard InChI is InChI=1S/C14H15NO3.C9H9NO2.C5H8O2/c1-2-3-9-13(16)15-12(10-18-14(15)17)11-7-5-4-6-8-11;11-9-10-8(6-12-9)7-4-2-1-3-5-7;1-2-3-4-5(6)7/h2,4-8,12H,1,3,9-10H2;1-5,8H,6H2,(H,10,11);2H,1,3-4H2,(H,6,7)/t12-;8-;/m11./s1. The highest BCUT2D eigenvalue weighted by atomic mass is 16.6. The number of carbonyl (C=O) groups excluding carboxylic acids is 3. The minimum Gasteiger partial charge on any atom is -0.481 e. The van der Waals surface area contributed by atoms with E-state index in [4.69, 9.17) is 14.6 Å². The van der Waals surface area contributed by atoms with E-state index in [0.29, 0.717) is 19.4 Å². The van der Waals surface area contributed by atoms with Gasteiger partial charge in [0.15, 0.2) is 0 Å². The summed E-state index contributed by atoms with van der Waals surface area (Å²) in [6.07, 6.45) is 3.97. The van der Waals surface area contributed by atoms with Gasteiger partial charge in [-0.1, -0.05) is 72.8 Å². The number of carboxylic acids is 1. The van der Waals surface area contributed by atoms with Crippen LogP contribution in [-0.4, -0.2) is 47.3 Å². The minimum absolute atomic E-state index is 0.0266. The number of aliphatic carboxylic acids is 1. The molecule has 3 amide bonds. The van der Waals surface area contributed by atoms with E-state index >= 15 is 0 Å². The lowest BCUT2D eigenvalue weighted by Gasteiger charge is -2.19. The third-order valence-electron chi connectivity index (χ3n) is 5.33. The van der Waals surface area contributed by atoms with Gasteiger partial charge in [0.2, 0.25) is 5.91 Å². The van der Waals surface area contributed by atoms with Gasteiger partial charge in [-0.2, -0.15) is 0 Å². The Morgan fingerprint density at radius 3 is 1.95 bits per heavy atom. The van der Waals surface area contributed by atoms with Gasteiger partial charge in [-0.25, -0.2) is 14.5 Å². The molecule has 196 valence electrons. The first kappa shape index (κ1) is 28.8. The van der Waals surface area contributed by atoms with Gasteiger partial charge in [0.25, 0.3) is 0 Å². The first-order valence-corrected chi connectivity index (χ1v) is 11.8. The van der Waals surface area contributed by atoms with Crippen LogP contribution in [0.4, 0.5) is 9.59 Å². The zero-order chi connectivity index (χ0) is 27.0. The van der Waals surface area contributed by atoms with E-state index in [1.807, 2.05) is 60.7 Å². The number of alkyl carbamates (subject to hydrolysis) is 1. The molecule has 4 rings (SSSR count). The van der Waals surface area contributed by atoms with E-state index in [0.717, 1.165) is 11.1 Å². The molecule has 2 heterocycles. The average molecular weight is 509 g/mol. The number of nitrogens with zero attached hydrogens (tertiary/aromatic N) is 1. The SMILES string of the molecule is C=CCCC(=O)N1C(=O)OC[C@@H]1c1ccccc1.C=CCCC(=O)O.O=C1N[C@@H](c2ccccc2)CO1. The Balaban J connectivity index is 0.000000218. The molecule has 2 aliphatic heterocycles. The lowest BCUT2D eigenvalue weighted by Crippen LogP contribution is -2.33. The van der Waals surface area contributed by atoms with Gasteiger partial charge in [-0.05, 0) is 24.0 Å². The Bertz CT molecular complexity index is 1060. The fourth-order valence-electron chi connectivity index (χ4n) is 3.44. The molecule has 0 bridgehead atoms. The van der Waals surface area contributed by atoms with Crippen molar-refractivity contribution in [2.45, 2.75) is 37.8 Å². The lowest BCUT2D eigenvalue weighted by atomic mass is 10.1. The first-order valence-electron chi connectivity index (χ1n) is 11.8. The smallest absolute Gasteiger partial charge is 0.417 e. The summed E-state index contributed by atoms with van der Waals surface area (Å²) in [5.74, 6) is -0.980. The zero-order valence-corrected chi connectivity index (χ0v) is 20.6. The highest BCUT2D eigenvalue weighted by molar-refractivity contribution is 5.93. The Labute approximate surface area is 216 Å². The number of imide groups is 1. The number of cyclic esters (lactones) is 2. The van der Waals surface area contributed by atoms with Crippen LogP contribution in [0.2, 0.25) is 0 Å². The molecular weight excluding hydrogens is 476 g/mol. The van der Waals surface area contributed by atoms with Gasteiger partial charge in [0, 0.05) is 12.8 Å². The zero-order valence-electron chi connectivity index (χ0n) is 20.6. The molecule has 2 aromatic carbocycles. The topological polar surface area (TPSA) is 122 Å². The van der Waals surface area contributed by atoms with Gasteiger partial charge < -0.3 is 19.9 Å². The number of hydrogen-bond donors (Lipinski definition) is 2. The van der Waals surface area contributed by atoms with Crippen LogP contribution in [0.25, 0.3) is 0 Å². The van der Waals surface area contributed by atoms with Gasteiger partial charge >= 0.3 is 18.2 Å². The van der Waals surface area contributed by atoms with Crippen LogP contribution in [0.3, 0.4) is 0 Å². The number of allylic oxidation sites excluding steroid dienone is 2. The summed E-state index contributed by atoms with van der Waals surface area (Å²) < 4.78 is 9.74. The molecule has 0 aliphatic carbocycles. The third-order valence-corrected chi connectivity index (χ3v) is 5.33. The monoisotopic (exact) mass is 508 g/mol. The normalized spacial score (nSPS) is 17.6. The van der Waals surface area contributed by atoms with Crippen molar-refractivity contribution in [3.05, 3.63) is 97.1 Å². The lowest BCUT2D eigenvalue weighted by molar-refractivity contribution is -0.137. The second kappa shape index (κ2) is 15.6. The van der Waals surface area contributed by atoms with E-state index < -0.39 is 12.1 Å². The summed E-state index contributed by atoms with van der Waals surface area (Å²) in [5, 5.41) is 10.7. The second-order valence-corrected chi connectivity index (χ2v) is 8.02. The van der Waals surface area contributed by atoms with Gasteiger partial charge in [-0.3, -0.25) is 9.59 Å². The fraction of sp³-hybridized carbons (Fsp3) is 0.286. The van der Waals surface area contributed by atoms with Crippen molar-refractivity contribution in [1.82, 2.24) is 10.2 Å². The van der Waals surface area contributed by atoms with E-state index in [1.54, 1.807) is 12.2 Å². The highest BCUT2D eigenvalue weighted by Gasteiger charge is 2.38. The largest absolute Gasteiger partial charge is 0.481 e. The van der Waals surface area contributed by atoms with Crippen LogP contribution in [0.5, 0.6) is 0 Å². The van der Waals surface area contributed by atoms with E-state index in [2.05, 4.69) is 18.5 Å². The van der Waals surface area contributed by atoms with Crippen molar-refractivity contribution in [2.75, 3.05) is 13.2 Å². The van der Waals surface area contributed by atoms with Gasteiger partial charge in [0.05, 0.1) is 6.04 Å². The van der Waals surface area contributed by atoms with E-state index in [-0.39, 0.29) is 43.5 Å². The molecule has 2 atom stereocenters. The molecule has 0 unspecified atom stereocenters. The molecule has 2 N–H and O–H groups in total. The second-order valence-electron chi connectivity index (χ2n) is 8.02. The highest BCUT2D eigenvalue weighted by Crippen LogP contribution is 2.28. The van der Waals surface area contributed by atoms with Crippen LogP contribution >= 0.6 is 0 Å². The molecule has 2 aromatic rings. The van der Waals surface area contributed by atoms with Crippen molar-refractivity contribution in [1.29, 1.82) is 0 Å².